The second-order valence-corrected chi connectivity index (χ2v) is 8.59. The van der Waals surface area contributed by atoms with E-state index in [1.807, 2.05) is 42.2 Å². The van der Waals surface area contributed by atoms with Crippen LogP contribution < -0.4 is 15.0 Å². The number of hydrogen-bond donors (Lipinski definition) is 2. The number of aliphatic hydroxyl groups excluding tert-OH is 1. The van der Waals surface area contributed by atoms with Crippen LogP contribution in [0.5, 0.6) is 5.75 Å². The van der Waals surface area contributed by atoms with E-state index in [1.54, 1.807) is 7.11 Å². The van der Waals surface area contributed by atoms with Gasteiger partial charge in [0.1, 0.15) is 5.75 Å². The number of halogens is 1. The first-order chi connectivity index (χ1) is 16.1. The topological polar surface area (TPSA) is 101 Å². The van der Waals surface area contributed by atoms with Crippen LogP contribution in [-0.4, -0.2) is 56.4 Å². The number of anilines is 2. The van der Waals surface area contributed by atoms with Crippen LogP contribution in [0, 0.1) is 0 Å². The molecule has 33 heavy (non-hydrogen) atoms. The van der Waals surface area contributed by atoms with Crippen molar-refractivity contribution in [2.75, 3.05) is 30.4 Å². The zero-order valence-corrected chi connectivity index (χ0v) is 19.4. The SMILES string of the molecule is CCn1ncc2c3c(NCc4ccc(OC)c(Cl)c4)nnc(N4CCCC(O)C4)c3cnc21. The van der Waals surface area contributed by atoms with Gasteiger partial charge in [0.05, 0.1) is 29.8 Å². The molecule has 2 N–H and O–H groups in total. The van der Waals surface area contributed by atoms with Crippen molar-refractivity contribution in [1.29, 1.82) is 0 Å². The summed E-state index contributed by atoms with van der Waals surface area (Å²) in [6, 6.07) is 5.68. The summed E-state index contributed by atoms with van der Waals surface area (Å²) < 4.78 is 7.11. The van der Waals surface area contributed by atoms with Gasteiger partial charge in [0.25, 0.3) is 0 Å². The van der Waals surface area contributed by atoms with Gasteiger partial charge in [-0.1, -0.05) is 17.7 Å². The van der Waals surface area contributed by atoms with Crippen LogP contribution in [0.3, 0.4) is 0 Å². The Morgan fingerprint density at radius 1 is 1.24 bits per heavy atom. The lowest BCUT2D eigenvalue weighted by Gasteiger charge is -2.31. The van der Waals surface area contributed by atoms with Gasteiger partial charge in [0.15, 0.2) is 17.3 Å². The predicted molar refractivity (Wildman–Crippen MR) is 129 cm³/mol. The van der Waals surface area contributed by atoms with Gasteiger partial charge in [-0.15, -0.1) is 10.2 Å². The lowest BCUT2D eigenvalue weighted by Crippen LogP contribution is -2.39. The summed E-state index contributed by atoms with van der Waals surface area (Å²) >= 11 is 6.30. The van der Waals surface area contributed by atoms with Crippen molar-refractivity contribution >= 4 is 45.0 Å². The van der Waals surface area contributed by atoms with E-state index in [1.165, 1.54) is 0 Å². The van der Waals surface area contributed by atoms with Crippen LogP contribution in [0.1, 0.15) is 25.3 Å². The Morgan fingerprint density at radius 2 is 2.12 bits per heavy atom. The van der Waals surface area contributed by atoms with E-state index in [9.17, 15) is 5.11 Å². The third-order valence-electron chi connectivity index (χ3n) is 6.06. The molecule has 0 bridgehead atoms. The third kappa shape index (κ3) is 4.02. The van der Waals surface area contributed by atoms with E-state index in [-0.39, 0.29) is 6.10 Å². The molecule has 0 aliphatic carbocycles. The average Bonchev–Trinajstić information content (AvgIpc) is 3.26. The number of aromatic nitrogens is 5. The number of nitrogens with one attached hydrogen (secondary N) is 1. The number of benzene rings is 1. The molecule has 0 radical (unpaired) electrons. The molecule has 1 fully saturated rings. The zero-order valence-electron chi connectivity index (χ0n) is 18.6. The monoisotopic (exact) mass is 467 g/mol. The van der Waals surface area contributed by atoms with E-state index >= 15 is 0 Å². The van der Waals surface area contributed by atoms with Gasteiger partial charge in [0.2, 0.25) is 0 Å². The van der Waals surface area contributed by atoms with Crippen molar-refractivity contribution in [1.82, 2.24) is 25.0 Å². The summed E-state index contributed by atoms with van der Waals surface area (Å²) in [5.74, 6) is 2.03. The Bertz CT molecular complexity index is 1310. The van der Waals surface area contributed by atoms with Gasteiger partial charge in [0, 0.05) is 43.1 Å². The van der Waals surface area contributed by atoms with Crippen LogP contribution in [0.15, 0.2) is 30.6 Å². The lowest BCUT2D eigenvalue weighted by molar-refractivity contribution is 0.154. The number of methoxy groups -OCH3 is 1. The van der Waals surface area contributed by atoms with E-state index in [0.717, 1.165) is 59.1 Å². The van der Waals surface area contributed by atoms with Crippen molar-refractivity contribution in [3.63, 3.8) is 0 Å². The summed E-state index contributed by atoms with van der Waals surface area (Å²) in [5.41, 5.74) is 1.80. The Kier molecular flexibility index (Phi) is 5.90. The Morgan fingerprint density at radius 3 is 2.88 bits per heavy atom. The fourth-order valence-corrected chi connectivity index (χ4v) is 4.67. The van der Waals surface area contributed by atoms with E-state index in [4.69, 9.17) is 16.3 Å². The van der Waals surface area contributed by atoms with Crippen LogP contribution in [-0.2, 0) is 13.1 Å². The van der Waals surface area contributed by atoms with Crippen molar-refractivity contribution in [3.05, 3.63) is 41.2 Å². The third-order valence-corrected chi connectivity index (χ3v) is 6.36. The first-order valence-corrected chi connectivity index (χ1v) is 11.5. The van der Waals surface area contributed by atoms with E-state index < -0.39 is 0 Å². The minimum atomic E-state index is -0.368. The van der Waals surface area contributed by atoms with Gasteiger partial charge in [-0.25, -0.2) is 9.67 Å². The molecule has 10 heteroatoms. The summed E-state index contributed by atoms with van der Waals surface area (Å²) in [4.78, 5) is 6.78. The maximum absolute atomic E-state index is 10.2. The molecule has 4 aromatic rings. The largest absolute Gasteiger partial charge is 0.495 e. The highest BCUT2D eigenvalue weighted by atomic mass is 35.5. The molecule has 0 amide bonds. The van der Waals surface area contributed by atoms with E-state index in [0.29, 0.717) is 29.7 Å². The quantitative estimate of drug-likeness (QED) is 0.443. The molecule has 1 saturated heterocycles. The van der Waals surface area contributed by atoms with Crippen molar-refractivity contribution in [3.8, 4) is 5.75 Å². The normalized spacial score (nSPS) is 16.5. The molecule has 3 aromatic heterocycles. The number of ether oxygens (including phenoxy) is 1. The number of rotatable bonds is 6. The van der Waals surface area contributed by atoms with Gasteiger partial charge in [-0.2, -0.15) is 5.10 Å². The summed E-state index contributed by atoms with van der Waals surface area (Å²) in [5, 5.41) is 30.5. The zero-order chi connectivity index (χ0) is 22.9. The van der Waals surface area contributed by atoms with Gasteiger partial charge >= 0.3 is 0 Å². The molecule has 5 rings (SSSR count). The van der Waals surface area contributed by atoms with Crippen LogP contribution >= 0.6 is 11.6 Å². The van der Waals surface area contributed by atoms with Crippen molar-refractivity contribution < 1.29 is 9.84 Å². The number of aryl methyl sites for hydroxylation is 1. The fraction of sp³-hybridized carbons (Fsp3) is 0.391. The second-order valence-electron chi connectivity index (χ2n) is 8.18. The molecule has 1 atom stereocenters. The number of piperidine rings is 1. The highest BCUT2D eigenvalue weighted by Crippen LogP contribution is 2.35. The maximum atomic E-state index is 10.2. The number of hydrogen-bond acceptors (Lipinski definition) is 8. The number of pyridine rings is 1. The minimum absolute atomic E-state index is 0.368. The Hall–Kier alpha value is -3.17. The number of aliphatic hydroxyl groups is 1. The Labute approximate surface area is 196 Å². The lowest BCUT2D eigenvalue weighted by atomic mass is 10.1. The molecule has 9 nitrogen and oxygen atoms in total. The summed E-state index contributed by atoms with van der Waals surface area (Å²) in [6.07, 6.45) is 5.02. The highest BCUT2D eigenvalue weighted by Gasteiger charge is 2.24. The molecule has 0 saturated carbocycles. The number of nitrogens with zero attached hydrogens (tertiary/aromatic N) is 6. The second kappa shape index (κ2) is 8.99. The highest BCUT2D eigenvalue weighted by molar-refractivity contribution is 6.32. The first kappa shape index (κ1) is 21.7. The first-order valence-electron chi connectivity index (χ1n) is 11.1. The van der Waals surface area contributed by atoms with Crippen LogP contribution in [0.2, 0.25) is 5.02 Å². The van der Waals surface area contributed by atoms with E-state index in [2.05, 4.69) is 30.5 Å². The Balaban J connectivity index is 1.58. The molecule has 1 aliphatic rings. The fourth-order valence-electron chi connectivity index (χ4n) is 4.39. The smallest absolute Gasteiger partial charge is 0.161 e. The summed E-state index contributed by atoms with van der Waals surface area (Å²) in [7, 11) is 1.60. The molecule has 1 aliphatic heterocycles. The average molecular weight is 468 g/mol. The molecule has 1 aromatic carbocycles. The van der Waals surface area contributed by atoms with Crippen LogP contribution in [0.4, 0.5) is 11.6 Å². The molecular weight excluding hydrogens is 442 g/mol. The minimum Gasteiger partial charge on any atom is -0.495 e. The summed E-state index contributed by atoms with van der Waals surface area (Å²) in [6.45, 7) is 4.63. The van der Waals surface area contributed by atoms with Crippen molar-refractivity contribution in [2.24, 2.45) is 0 Å². The predicted octanol–water partition coefficient (Wildman–Crippen LogP) is 3.63. The maximum Gasteiger partial charge on any atom is 0.161 e. The molecule has 0 spiro atoms. The molecular formula is C23H26ClN7O2. The molecule has 172 valence electrons. The van der Waals surface area contributed by atoms with Gasteiger partial charge in [-0.05, 0) is 37.5 Å². The molecule has 4 heterocycles. The van der Waals surface area contributed by atoms with Crippen LogP contribution in [0.25, 0.3) is 21.8 Å². The standard InChI is InChI=1S/C23H26ClN7O2/c1-3-31-22-17(12-27-31)20-16(11-26-22)23(30-8-4-5-15(32)13-30)29-28-21(20)25-10-14-6-7-19(33-2)18(24)9-14/h6-7,9,11-12,15,32H,3-5,8,10,13H2,1-2H3,(H,25,28). The van der Waals surface area contributed by atoms with Gasteiger partial charge < -0.3 is 20.1 Å². The van der Waals surface area contributed by atoms with Gasteiger partial charge in [-0.3, -0.25) is 0 Å². The molecule has 1 unspecified atom stereocenters. The number of fused-ring (bicyclic) bond motifs is 3. The van der Waals surface area contributed by atoms with Crippen molar-refractivity contribution in [2.45, 2.75) is 39.0 Å². The number of β-amino-alcohol motifs (C(OH)–C–C–N with tert-alkyl or cyclic N) is 1.